The highest BCUT2D eigenvalue weighted by Crippen LogP contribution is 2.34. The quantitative estimate of drug-likeness (QED) is 0.776. The van der Waals surface area contributed by atoms with Crippen LogP contribution in [-0.2, 0) is 9.59 Å². The van der Waals surface area contributed by atoms with Crippen LogP contribution in [0.2, 0.25) is 0 Å². The molecule has 1 saturated heterocycles. The zero-order chi connectivity index (χ0) is 13.9. The van der Waals surface area contributed by atoms with Crippen molar-refractivity contribution in [2.75, 3.05) is 6.54 Å². The standard InChI is InChI=1S/C15H26N2O2/c1-3-4-5-8-12(2)17-11-13(18)16-15(14(17)19)9-6-7-10-15/h12H,3-11H2,1-2H3,(H,16,18). The maximum atomic E-state index is 12.7. The number of amides is 2. The zero-order valence-electron chi connectivity index (χ0n) is 12.2. The first-order valence-corrected chi connectivity index (χ1v) is 7.71. The maximum Gasteiger partial charge on any atom is 0.249 e. The van der Waals surface area contributed by atoms with E-state index in [-0.39, 0.29) is 24.4 Å². The van der Waals surface area contributed by atoms with Gasteiger partial charge in [-0.15, -0.1) is 0 Å². The molecule has 2 fully saturated rings. The second-order valence-electron chi connectivity index (χ2n) is 6.12. The molecule has 0 aromatic heterocycles. The van der Waals surface area contributed by atoms with Gasteiger partial charge in [0.2, 0.25) is 11.8 Å². The lowest BCUT2D eigenvalue weighted by atomic mass is 9.91. The molecular weight excluding hydrogens is 240 g/mol. The highest BCUT2D eigenvalue weighted by Gasteiger charge is 2.49. The van der Waals surface area contributed by atoms with E-state index in [9.17, 15) is 9.59 Å². The predicted octanol–water partition coefficient (Wildman–Crippen LogP) is 2.23. The van der Waals surface area contributed by atoms with E-state index >= 15 is 0 Å². The monoisotopic (exact) mass is 266 g/mol. The molecule has 1 saturated carbocycles. The Morgan fingerprint density at radius 2 is 1.95 bits per heavy atom. The van der Waals surface area contributed by atoms with Crippen LogP contribution < -0.4 is 5.32 Å². The molecule has 108 valence electrons. The number of nitrogens with zero attached hydrogens (tertiary/aromatic N) is 1. The molecule has 1 atom stereocenters. The first kappa shape index (κ1) is 14.4. The van der Waals surface area contributed by atoms with Crippen LogP contribution in [0, 0.1) is 0 Å². The third kappa shape index (κ3) is 2.93. The van der Waals surface area contributed by atoms with Crippen molar-refractivity contribution in [1.82, 2.24) is 10.2 Å². The lowest BCUT2D eigenvalue weighted by Gasteiger charge is -2.42. The van der Waals surface area contributed by atoms with Gasteiger partial charge in [-0.3, -0.25) is 9.59 Å². The second kappa shape index (κ2) is 5.93. The molecule has 0 aromatic rings. The van der Waals surface area contributed by atoms with Crippen LogP contribution in [-0.4, -0.2) is 34.8 Å². The Labute approximate surface area is 115 Å². The van der Waals surface area contributed by atoms with E-state index in [2.05, 4.69) is 19.2 Å². The Balaban J connectivity index is 2.02. The van der Waals surface area contributed by atoms with Gasteiger partial charge in [-0.1, -0.05) is 39.0 Å². The van der Waals surface area contributed by atoms with E-state index < -0.39 is 5.54 Å². The SMILES string of the molecule is CCCCCC(C)N1CC(=O)NC2(CCCC2)C1=O. The Bertz CT molecular complexity index is 348. The summed E-state index contributed by atoms with van der Waals surface area (Å²) in [6.07, 6.45) is 8.24. The van der Waals surface area contributed by atoms with Crippen LogP contribution in [0.5, 0.6) is 0 Å². The highest BCUT2D eigenvalue weighted by molar-refractivity contribution is 5.98. The van der Waals surface area contributed by atoms with Gasteiger partial charge < -0.3 is 10.2 Å². The van der Waals surface area contributed by atoms with Crippen LogP contribution in [0.1, 0.15) is 65.2 Å². The minimum Gasteiger partial charge on any atom is -0.340 e. The van der Waals surface area contributed by atoms with Gasteiger partial charge in [0.1, 0.15) is 5.54 Å². The fourth-order valence-electron chi connectivity index (χ4n) is 3.38. The number of carbonyl (C=O) groups excluding carboxylic acids is 2. The Kier molecular flexibility index (Phi) is 4.48. The molecular formula is C15H26N2O2. The molecule has 4 heteroatoms. The molecule has 2 rings (SSSR count). The molecule has 4 nitrogen and oxygen atoms in total. The molecule has 0 radical (unpaired) electrons. The molecule has 1 aliphatic carbocycles. The minimum absolute atomic E-state index is 0.0174. The number of unbranched alkanes of at least 4 members (excludes halogenated alkanes) is 2. The van der Waals surface area contributed by atoms with E-state index in [1.165, 1.54) is 12.8 Å². The van der Waals surface area contributed by atoms with Crippen molar-refractivity contribution in [3.63, 3.8) is 0 Å². The molecule has 0 bridgehead atoms. The summed E-state index contributed by atoms with van der Waals surface area (Å²) in [5.41, 5.74) is -0.561. The molecule has 1 spiro atoms. The van der Waals surface area contributed by atoms with E-state index in [0.717, 1.165) is 38.5 Å². The zero-order valence-corrected chi connectivity index (χ0v) is 12.2. The van der Waals surface area contributed by atoms with Crippen molar-refractivity contribution in [3.05, 3.63) is 0 Å². The van der Waals surface area contributed by atoms with Gasteiger partial charge in [0.05, 0.1) is 6.54 Å². The molecule has 19 heavy (non-hydrogen) atoms. The first-order chi connectivity index (χ1) is 9.09. The van der Waals surface area contributed by atoms with Crippen molar-refractivity contribution >= 4 is 11.8 Å². The van der Waals surface area contributed by atoms with Crippen LogP contribution >= 0.6 is 0 Å². The van der Waals surface area contributed by atoms with E-state index in [1.807, 2.05) is 4.90 Å². The van der Waals surface area contributed by atoms with Gasteiger partial charge in [0, 0.05) is 6.04 Å². The fourth-order valence-corrected chi connectivity index (χ4v) is 3.38. The predicted molar refractivity (Wildman–Crippen MR) is 74.7 cm³/mol. The third-order valence-corrected chi connectivity index (χ3v) is 4.58. The van der Waals surface area contributed by atoms with Crippen LogP contribution in [0.15, 0.2) is 0 Å². The molecule has 2 aliphatic rings. The van der Waals surface area contributed by atoms with Crippen LogP contribution in [0.3, 0.4) is 0 Å². The molecule has 1 heterocycles. The van der Waals surface area contributed by atoms with Crippen molar-refractivity contribution in [2.45, 2.75) is 76.8 Å². The van der Waals surface area contributed by atoms with E-state index in [4.69, 9.17) is 0 Å². The third-order valence-electron chi connectivity index (χ3n) is 4.58. The van der Waals surface area contributed by atoms with Crippen molar-refractivity contribution in [3.8, 4) is 0 Å². The van der Waals surface area contributed by atoms with Crippen LogP contribution in [0.4, 0.5) is 0 Å². The minimum atomic E-state index is -0.561. The topological polar surface area (TPSA) is 49.4 Å². The summed E-state index contributed by atoms with van der Waals surface area (Å²) in [6, 6.07) is 0.183. The summed E-state index contributed by atoms with van der Waals surface area (Å²) in [6.45, 7) is 4.50. The highest BCUT2D eigenvalue weighted by atomic mass is 16.2. The van der Waals surface area contributed by atoms with Gasteiger partial charge in [0.15, 0.2) is 0 Å². The molecule has 1 unspecified atom stereocenters. The lowest BCUT2D eigenvalue weighted by Crippen LogP contribution is -2.67. The summed E-state index contributed by atoms with van der Waals surface area (Å²) in [7, 11) is 0. The smallest absolute Gasteiger partial charge is 0.249 e. The van der Waals surface area contributed by atoms with Gasteiger partial charge in [0.25, 0.3) is 0 Å². The Hall–Kier alpha value is -1.06. The number of hydrogen-bond donors (Lipinski definition) is 1. The molecule has 2 amide bonds. The van der Waals surface area contributed by atoms with Crippen molar-refractivity contribution in [1.29, 1.82) is 0 Å². The maximum absolute atomic E-state index is 12.7. The van der Waals surface area contributed by atoms with Gasteiger partial charge in [-0.2, -0.15) is 0 Å². The van der Waals surface area contributed by atoms with Gasteiger partial charge >= 0.3 is 0 Å². The van der Waals surface area contributed by atoms with Crippen molar-refractivity contribution < 1.29 is 9.59 Å². The largest absolute Gasteiger partial charge is 0.340 e. The normalized spacial score (nSPS) is 23.8. The fraction of sp³-hybridized carbons (Fsp3) is 0.867. The summed E-state index contributed by atoms with van der Waals surface area (Å²) in [5.74, 6) is 0.178. The lowest BCUT2D eigenvalue weighted by molar-refractivity contribution is -0.152. The van der Waals surface area contributed by atoms with Crippen molar-refractivity contribution in [2.24, 2.45) is 0 Å². The second-order valence-corrected chi connectivity index (χ2v) is 6.12. The molecule has 1 aliphatic heterocycles. The average molecular weight is 266 g/mol. The van der Waals surface area contributed by atoms with Gasteiger partial charge in [-0.25, -0.2) is 0 Å². The summed E-state index contributed by atoms with van der Waals surface area (Å²) in [4.78, 5) is 26.4. The van der Waals surface area contributed by atoms with Crippen LogP contribution in [0.25, 0.3) is 0 Å². The van der Waals surface area contributed by atoms with Gasteiger partial charge in [-0.05, 0) is 26.2 Å². The number of piperazine rings is 1. The Morgan fingerprint density at radius 1 is 1.26 bits per heavy atom. The summed E-state index contributed by atoms with van der Waals surface area (Å²) in [5, 5.41) is 2.96. The number of rotatable bonds is 5. The molecule has 1 N–H and O–H groups in total. The number of carbonyl (C=O) groups is 2. The summed E-state index contributed by atoms with van der Waals surface area (Å²) >= 11 is 0. The molecule has 0 aromatic carbocycles. The first-order valence-electron chi connectivity index (χ1n) is 7.71. The summed E-state index contributed by atoms with van der Waals surface area (Å²) < 4.78 is 0. The number of nitrogens with one attached hydrogen (secondary N) is 1. The number of hydrogen-bond acceptors (Lipinski definition) is 2. The average Bonchev–Trinajstić information content (AvgIpc) is 2.83. The van der Waals surface area contributed by atoms with E-state index in [0.29, 0.717) is 0 Å². The Morgan fingerprint density at radius 3 is 2.58 bits per heavy atom. The van der Waals surface area contributed by atoms with E-state index in [1.54, 1.807) is 0 Å².